The summed E-state index contributed by atoms with van der Waals surface area (Å²) in [5.41, 5.74) is 1.58. The third-order valence-corrected chi connectivity index (χ3v) is 4.64. The molecule has 0 heterocycles. The lowest BCUT2D eigenvalue weighted by Crippen LogP contribution is -2.50. The van der Waals surface area contributed by atoms with Crippen LogP contribution in [0.4, 0.5) is 9.18 Å². The molecule has 0 aliphatic carbocycles. The quantitative estimate of drug-likeness (QED) is 0.612. The van der Waals surface area contributed by atoms with Gasteiger partial charge in [-0.25, -0.2) is 9.18 Å². The molecule has 2 rings (SSSR count). The molecule has 5 nitrogen and oxygen atoms in total. The van der Waals surface area contributed by atoms with E-state index in [0.29, 0.717) is 11.4 Å². The number of rotatable bonds is 8. The van der Waals surface area contributed by atoms with E-state index in [-0.39, 0.29) is 24.3 Å². The van der Waals surface area contributed by atoms with Gasteiger partial charge in [0.1, 0.15) is 11.9 Å². The molecule has 3 N–H and O–H groups in total. The SMILES string of the molecule is CCC[C@H](NC(=O)NCc1ccc(F)cc1)C(=O)N[C@@H](C)c1ccccc1Cl. The molecule has 2 aromatic rings. The Kier molecular flexibility index (Phi) is 8.26. The maximum absolute atomic E-state index is 12.9. The summed E-state index contributed by atoms with van der Waals surface area (Å²) >= 11 is 6.18. The lowest BCUT2D eigenvalue weighted by molar-refractivity contribution is -0.123. The van der Waals surface area contributed by atoms with Gasteiger partial charge in [-0.15, -0.1) is 0 Å². The molecule has 0 saturated carbocycles. The number of amides is 3. The summed E-state index contributed by atoms with van der Waals surface area (Å²) in [6, 6.07) is 11.7. The smallest absolute Gasteiger partial charge is 0.315 e. The monoisotopic (exact) mass is 405 g/mol. The maximum Gasteiger partial charge on any atom is 0.315 e. The van der Waals surface area contributed by atoms with Crippen molar-refractivity contribution in [2.45, 2.75) is 45.3 Å². The highest BCUT2D eigenvalue weighted by Gasteiger charge is 2.22. The first-order chi connectivity index (χ1) is 13.4. The molecule has 0 saturated heterocycles. The molecule has 150 valence electrons. The van der Waals surface area contributed by atoms with Crippen LogP contribution in [-0.4, -0.2) is 18.0 Å². The summed E-state index contributed by atoms with van der Waals surface area (Å²) < 4.78 is 12.9. The zero-order valence-electron chi connectivity index (χ0n) is 16.0. The first-order valence-corrected chi connectivity index (χ1v) is 9.62. The summed E-state index contributed by atoms with van der Waals surface area (Å²) in [6.07, 6.45) is 1.24. The second-order valence-corrected chi connectivity index (χ2v) is 6.95. The van der Waals surface area contributed by atoms with Gasteiger partial charge in [0.05, 0.1) is 6.04 Å². The van der Waals surface area contributed by atoms with Crippen molar-refractivity contribution in [3.63, 3.8) is 0 Å². The van der Waals surface area contributed by atoms with Crippen LogP contribution in [-0.2, 0) is 11.3 Å². The Morgan fingerprint density at radius 2 is 1.75 bits per heavy atom. The number of urea groups is 1. The number of halogens is 2. The molecule has 0 aliphatic heterocycles. The van der Waals surface area contributed by atoms with Gasteiger partial charge < -0.3 is 16.0 Å². The molecule has 0 unspecified atom stereocenters. The highest BCUT2D eigenvalue weighted by atomic mass is 35.5. The highest BCUT2D eigenvalue weighted by molar-refractivity contribution is 6.31. The zero-order valence-corrected chi connectivity index (χ0v) is 16.7. The number of hydrogen-bond acceptors (Lipinski definition) is 2. The second kappa shape index (κ2) is 10.7. The van der Waals surface area contributed by atoms with Crippen LogP contribution in [0, 0.1) is 5.82 Å². The minimum atomic E-state index is -0.664. The van der Waals surface area contributed by atoms with Crippen LogP contribution in [0.2, 0.25) is 5.02 Å². The van der Waals surface area contributed by atoms with Gasteiger partial charge in [-0.3, -0.25) is 4.79 Å². The van der Waals surface area contributed by atoms with Crippen LogP contribution in [0.3, 0.4) is 0 Å². The van der Waals surface area contributed by atoms with E-state index in [1.54, 1.807) is 18.2 Å². The summed E-state index contributed by atoms with van der Waals surface area (Å²) in [6.45, 7) is 4.02. The van der Waals surface area contributed by atoms with Crippen LogP contribution in [0.1, 0.15) is 43.9 Å². The molecule has 2 atom stereocenters. The molecule has 0 fully saturated rings. The zero-order chi connectivity index (χ0) is 20.5. The Balaban J connectivity index is 1.91. The van der Waals surface area contributed by atoms with Gasteiger partial charge in [0.25, 0.3) is 0 Å². The number of carbonyl (C=O) groups is 2. The fourth-order valence-corrected chi connectivity index (χ4v) is 3.07. The Bertz CT molecular complexity index is 798. The van der Waals surface area contributed by atoms with Crippen molar-refractivity contribution in [3.8, 4) is 0 Å². The number of benzene rings is 2. The fraction of sp³-hybridized carbons (Fsp3) is 0.333. The van der Waals surface area contributed by atoms with Crippen molar-refractivity contribution in [1.82, 2.24) is 16.0 Å². The Labute approximate surface area is 169 Å². The molecular formula is C21H25ClFN3O2. The lowest BCUT2D eigenvalue weighted by Gasteiger charge is -2.22. The molecule has 0 radical (unpaired) electrons. The van der Waals surface area contributed by atoms with Crippen LogP contribution >= 0.6 is 11.6 Å². The predicted molar refractivity (Wildman–Crippen MR) is 108 cm³/mol. The number of hydrogen-bond donors (Lipinski definition) is 3. The molecule has 2 aromatic carbocycles. The Morgan fingerprint density at radius 3 is 2.39 bits per heavy atom. The van der Waals surface area contributed by atoms with Gasteiger partial charge in [0.2, 0.25) is 5.91 Å². The van der Waals surface area contributed by atoms with Crippen LogP contribution in [0.15, 0.2) is 48.5 Å². The summed E-state index contributed by atoms with van der Waals surface area (Å²) in [5, 5.41) is 8.86. The molecule has 7 heteroatoms. The minimum absolute atomic E-state index is 0.239. The van der Waals surface area contributed by atoms with Gasteiger partial charge in [-0.1, -0.05) is 55.3 Å². The van der Waals surface area contributed by atoms with Gasteiger partial charge in [-0.05, 0) is 42.7 Å². The molecule has 0 spiro atoms. The van der Waals surface area contributed by atoms with Crippen molar-refractivity contribution >= 4 is 23.5 Å². The van der Waals surface area contributed by atoms with E-state index >= 15 is 0 Å². The first kappa shape index (κ1) is 21.7. The van der Waals surface area contributed by atoms with E-state index in [2.05, 4.69) is 16.0 Å². The van der Waals surface area contributed by atoms with Crippen molar-refractivity contribution in [1.29, 1.82) is 0 Å². The van der Waals surface area contributed by atoms with E-state index in [1.807, 2.05) is 32.0 Å². The van der Waals surface area contributed by atoms with E-state index in [4.69, 9.17) is 11.6 Å². The topological polar surface area (TPSA) is 70.2 Å². The maximum atomic E-state index is 12.9. The van der Waals surface area contributed by atoms with Crippen molar-refractivity contribution in [3.05, 3.63) is 70.5 Å². The summed E-state index contributed by atoms with van der Waals surface area (Å²) in [7, 11) is 0. The number of nitrogens with one attached hydrogen (secondary N) is 3. The highest BCUT2D eigenvalue weighted by Crippen LogP contribution is 2.22. The average molecular weight is 406 g/mol. The minimum Gasteiger partial charge on any atom is -0.348 e. The van der Waals surface area contributed by atoms with Gasteiger partial charge in [-0.2, -0.15) is 0 Å². The molecule has 0 bridgehead atoms. The molecule has 28 heavy (non-hydrogen) atoms. The van der Waals surface area contributed by atoms with Gasteiger partial charge in [0, 0.05) is 11.6 Å². The molecule has 3 amide bonds. The number of carbonyl (C=O) groups excluding carboxylic acids is 2. The summed E-state index contributed by atoms with van der Waals surface area (Å²) in [4.78, 5) is 24.8. The second-order valence-electron chi connectivity index (χ2n) is 6.55. The van der Waals surface area contributed by atoms with Crippen LogP contribution in [0.5, 0.6) is 0 Å². The van der Waals surface area contributed by atoms with E-state index < -0.39 is 12.1 Å². The van der Waals surface area contributed by atoms with Gasteiger partial charge in [0.15, 0.2) is 0 Å². The fourth-order valence-electron chi connectivity index (χ4n) is 2.77. The first-order valence-electron chi connectivity index (χ1n) is 9.24. The third-order valence-electron chi connectivity index (χ3n) is 4.30. The normalized spacial score (nSPS) is 12.7. The predicted octanol–water partition coefficient (Wildman–Crippen LogP) is 4.32. The lowest BCUT2D eigenvalue weighted by atomic mass is 10.1. The third kappa shape index (κ3) is 6.53. The molecule has 0 aliphatic rings. The van der Waals surface area contributed by atoms with E-state index in [0.717, 1.165) is 17.5 Å². The Hall–Kier alpha value is -2.60. The molecule has 0 aromatic heterocycles. The van der Waals surface area contributed by atoms with Crippen molar-refractivity contribution < 1.29 is 14.0 Å². The largest absolute Gasteiger partial charge is 0.348 e. The standard InChI is InChI=1S/C21H25ClFN3O2/c1-3-6-19(20(27)25-14(2)17-7-4-5-8-18(17)22)26-21(28)24-13-15-9-11-16(23)12-10-15/h4-5,7-12,14,19H,3,6,13H2,1-2H3,(H,25,27)(H2,24,26,28)/t14-,19-/m0/s1. The van der Waals surface area contributed by atoms with Gasteiger partial charge >= 0.3 is 6.03 Å². The Morgan fingerprint density at radius 1 is 1.07 bits per heavy atom. The van der Waals surface area contributed by atoms with Crippen molar-refractivity contribution in [2.75, 3.05) is 0 Å². The van der Waals surface area contributed by atoms with E-state index in [1.165, 1.54) is 12.1 Å². The average Bonchev–Trinajstić information content (AvgIpc) is 2.67. The van der Waals surface area contributed by atoms with Crippen molar-refractivity contribution in [2.24, 2.45) is 0 Å². The van der Waals surface area contributed by atoms with E-state index in [9.17, 15) is 14.0 Å². The summed E-state index contributed by atoms with van der Waals surface area (Å²) in [5.74, 6) is -0.605. The molecular weight excluding hydrogens is 381 g/mol. The van der Waals surface area contributed by atoms with Crippen LogP contribution in [0.25, 0.3) is 0 Å². The van der Waals surface area contributed by atoms with Crippen LogP contribution < -0.4 is 16.0 Å².